The molecule has 120 valence electrons. The molecule has 0 aliphatic heterocycles. The summed E-state index contributed by atoms with van der Waals surface area (Å²) >= 11 is 0. The predicted molar refractivity (Wildman–Crippen MR) is 88.9 cm³/mol. The molecule has 4 nitrogen and oxygen atoms in total. The highest BCUT2D eigenvalue weighted by Crippen LogP contribution is 2.06. The van der Waals surface area contributed by atoms with Crippen molar-refractivity contribution in [3.8, 4) is 0 Å². The first-order valence-corrected chi connectivity index (χ1v) is 7.73. The van der Waals surface area contributed by atoms with E-state index in [1.54, 1.807) is 6.92 Å². The Kier molecular flexibility index (Phi) is 6.36. The summed E-state index contributed by atoms with van der Waals surface area (Å²) in [6.45, 7) is 2.04. The Bertz CT molecular complexity index is 626. The summed E-state index contributed by atoms with van der Waals surface area (Å²) < 4.78 is 5.07. The Morgan fingerprint density at radius 2 is 1.52 bits per heavy atom. The van der Waals surface area contributed by atoms with E-state index >= 15 is 0 Å². The fourth-order valence-corrected chi connectivity index (χ4v) is 2.31. The molecule has 0 radical (unpaired) electrons. The van der Waals surface area contributed by atoms with Gasteiger partial charge < -0.3 is 10.1 Å². The average molecular weight is 311 g/mol. The molecule has 23 heavy (non-hydrogen) atoms. The van der Waals surface area contributed by atoms with Crippen molar-refractivity contribution < 1.29 is 14.3 Å². The van der Waals surface area contributed by atoms with E-state index in [4.69, 9.17) is 4.74 Å². The number of rotatable bonds is 7. The number of benzene rings is 2. The quantitative estimate of drug-likeness (QED) is 0.799. The van der Waals surface area contributed by atoms with Crippen molar-refractivity contribution >= 4 is 11.9 Å². The lowest BCUT2D eigenvalue weighted by molar-refractivity contribution is -0.147. The van der Waals surface area contributed by atoms with Gasteiger partial charge in [0.25, 0.3) is 0 Å². The highest BCUT2D eigenvalue weighted by molar-refractivity contribution is 5.85. The molecule has 0 aromatic heterocycles. The molecule has 2 rings (SSSR count). The van der Waals surface area contributed by atoms with Gasteiger partial charge in [-0.2, -0.15) is 0 Å². The van der Waals surface area contributed by atoms with Crippen LogP contribution in [0.2, 0.25) is 0 Å². The van der Waals surface area contributed by atoms with Crippen molar-refractivity contribution in [2.24, 2.45) is 0 Å². The van der Waals surface area contributed by atoms with Gasteiger partial charge in [-0.25, -0.2) is 4.79 Å². The molecule has 0 spiro atoms. The summed E-state index contributed by atoms with van der Waals surface area (Å²) in [7, 11) is 0. The Balaban J connectivity index is 2.01. The van der Waals surface area contributed by atoms with Crippen LogP contribution in [0.4, 0.5) is 0 Å². The van der Waals surface area contributed by atoms with Crippen LogP contribution in [0, 0.1) is 0 Å². The third kappa shape index (κ3) is 5.58. The maximum Gasteiger partial charge on any atom is 0.328 e. The average Bonchev–Trinajstić information content (AvgIpc) is 2.56. The van der Waals surface area contributed by atoms with Crippen molar-refractivity contribution in [3.05, 3.63) is 71.8 Å². The van der Waals surface area contributed by atoms with Crippen molar-refractivity contribution in [1.82, 2.24) is 5.32 Å². The number of esters is 1. The number of hydrogen-bond donors (Lipinski definition) is 1. The van der Waals surface area contributed by atoms with Crippen LogP contribution in [0.3, 0.4) is 0 Å². The van der Waals surface area contributed by atoms with E-state index in [1.807, 2.05) is 60.7 Å². The van der Waals surface area contributed by atoms with Crippen molar-refractivity contribution in [2.45, 2.75) is 25.8 Å². The minimum Gasteiger partial charge on any atom is -0.464 e. The summed E-state index contributed by atoms with van der Waals surface area (Å²) in [5.41, 5.74) is 1.89. The number of nitrogens with one attached hydrogen (secondary N) is 1. The first kappa shape index (κ1) is 16.7. The molecule has 0 bridgehead atoms. The van der Waals surface area contributed by atoms with Crippen LogP contribution in [0.25, 0.3) is 0 Å². The molecular formula is C19H21NO3. The third-order valence-corrected chi connectivity index (χ3v) is 3.40. The van der Waals surface area contributed by atoms with Gasteiger partial charge in [-0.05, 0) is 18.1 Å². The summed E-state index contributed by atoms with van der Waals surface area (Å²) in [5, 5.41) is 2.79. The molecule has 4 heteroatoms. The minimum absolute atomic E-state index is 0.190. The zero-order chi connectivity index (χ0) is 16.5. The van der Waals surface area contributed by atoms with Crippen LogP contribution in [-0.2, 0) is 27.2 Å². The Morgan fingerprint density at radius 1 is 0.957 bits per heavy atom. The summed E-state index contributed by atoms with van der Waals surface area (Å²) in [6.07, 6.45) is 0.658. The van der Waals surface area contributed by atoms with Gasteiger partial charge in [-0.1, -0.05) is 60.7 Å². The van der Waals surface area contributed by atoms with E-state index < -0.39 is 12.0 Å². The second-order valence-electron chi connectivity index (χ2n) is 5.22. The molecule has 1 atom stereocenters. The van der Waals surface area contributed by atoms with E-state index in [1.165, 1.54) is 0 Å². The molecule has 0 saturated heterocycles. The fraction of sp³-hybridized carbons (Fsp3) is 0.263. The Labute approximate surface area is 136 Å². The maximum absolute atomic E-state index is 12.2. The maximum atomic E-state index is 12.2. The van der Waals surface area contributed by atoms with E-state index in [9.17, 15) is 9.59 Å². The molecule has 0 aliphatic rings. The largest absolute Gasteiger partial charge is 0.464 e. The van der Waals surface area contributed by atoms with Gasteiger partial charge >= 0.3 is 5.97 Å². The number of carbonyl (C=O) groups is 2. The van der Waals surface area contributed by atoms with Crippen LogP contribution >= 0.6 is 0 Å². The number of hydrogen-bond acceptors (Lipinski definition) is 3. The Hall–Kier alpha value is -2.62. The first-order chi connectivity index (χ1) is 11.2. The summed E-state index contributed by atoms with van der Waals surface area (Å²) in [4.78, 5) is 24.3. The predicted octanol–water partition coefficient (Wildman–Crippen LogP) is 2.52. The molecule has 0 unspecified atom stereocenters. The minimum atomic E-state index is -0.673. The Morgan fingerprint density at radius 3 is 2.09 bits per heavy atom. The number of carbonyl (C=O) groups excluding carboxylic acids is 2. The standard InChI is InChI=1S/C19H21NO3/c1-2-23-19(22)17(13-15-9-5-3-6-10-15)20-18(21)14-16-11-7-4-8-12-16/h3-12,17H,2,13-14H2,1H3,(H,20,21)/t17-/m0/s1. The smallest absolute Gasteiger partial charge is 0.328 e. The van der Waals surface area contributed by atoms with Gasteiger partial charge in [0.15, 0.2) is 0 Å². The van der Waals surface area contributed by atoms with E-state index in [0.29, 0.717) is 13.0 Å². The van der Waals surface area contributed by atoms with Crippen LogP contribution in [-0.4, -0.2) is 24.5 Å². The topological polar surface area (TPSA) is 55.4 Å². The molecule has 0 fully saturated rings. The summed E-state index contributed by atoms with van der Waals surface area (Å²) in [6, 6.07) is 18.3. The molecule has 0 heterocycles. The van der Waals surface area contributed by atoms with E-state index in [-0.39, 0.29) is 12.3 Å². The fourth-order valence-electron chi connectivity index (χ4n) is 2.31. The lowest BCUT2D eigenvalue weighted by Gasteiger charge is -2.17. The SMILES string of the molecule is CCOC(=O)[C@H](Cc1ccccc1)NC(=O)Cc1ccccc1. The molecule has 1 amide bonds. The van der Waals surface area contributed by atoms with E-state index in [2.05, 4.69) is 5.32 Å². The van der Waals surface area contributed by atoms with Gasteiger partial charge in [0.1, 0.15) is 6.04 Å². The number of amides is 1. The number of ether oxygens (including phenoxy) is 1. The highest BCUT2D eigenvalue weighted by Gasteiger charge is 2.22. The van der Waals surface area contributed by atoms with Crippen LogP contribution < -0.4 is 5.32 Å². The van der Waals surface area contributed by atoms with Gasteiger partial charge in [0.2, 0.25) is 5.91 Å². The third-order valence-electron chi connectivity index (χ3n) is 3.40. The van der Waals surface area contributed by atoms with Crippen LogP contribution in [0.5, 0.6) is 0 Å². The lowest BCUT2D eigenvalue weighted by Crippen LogP contribution is -2.44. The molecule has 2 aromatic rings. The second kappa shape index (κ2) is 8.73. The monoisotopic (exact) mass is 311 g/mol. The van der Waals surface area contributed by atoms with Gasteiger partial charge in [-0.3, -0.25) is 4.79 Å². The molecule has 1 N–H and O–H groups in total. The molecule has 0 aliphatic carbocycles. The van der Waals surface area contributed by atoms with Gasteiger partial charge in [-0.15, -0.1) is 0 Å². The van der Waals surface area contributed by atoms with Crippen molar-refractivity contribution in [1.29, 1.82) is 0 Å². The summed E-state index contributed by atoms with van der Waals surface area (Å²) in [5.74, 6) is -0.594. The van der Waals surface area contributed by atoms with Crippen LogP contribution in [0.15, 0.2) is 60.7 Å². The molecule has 0 saturated carbocycles. The zero-order valence-corrected chi connectivity index (χ0v) is 13.2. The highest BCUT2D eigenvalue weighted by atomic mass is 16.5. The molecule has 2 aromatic carbocycles. The van der Waals surface area contributed by atoms with E-state index in [0.717, 1.165) is 11.1 Å². The zero-order valence-electron chi connectivity index (χ0n) is 13.2. The lowest BCUT2D eigenvalue weighted by atomic mass is 10.1. The second-order valence-corrected chi connectivity index (χ2v) is 5.22. The van der Waals surface area contributed by atoms with Crippen LogP contribution in [0.1, 0.15) is 18.1 Å². The first-order valence-electron chi connectivity index (χ1n) is 7.73. The van der Waals surface area contributed by atoms with Gasteiger partial charge in [0.05, 0.1) is 13.0 Å². The van der Waals surface area contributed by atoms with Gasteiger partial charge in [0, 0.05) is 6.42 Å². The molecular weight excluding hydrogens is 290 g/mol. The normalized spacial score (nSPS) is 11.5. The van der Waals surface area contributed by atoms with Crippen molar-refractivity contribution in [2.75, 3.05) is 6.61 Å². The van der Waals surface area contributed by atoms with Crippen molar-refractivity contribution in [3.63, 3.8) is 0 Å².